The Kier molecular flexibility index (Phi) is 5.71. The van der Waals surface area contributed by atoms with Crippen LogP contribution in [0.1, 0.15) is 19.4 Å². The fraction of sp³-hybridized carbons (Fsp3) is 0.583. The van der Waals surface area contributed by atoms with Gasteiger partial charge >= 0.3 is 0 Å². The van der Waals surface area contributed by atoms with E-state index >= 15 is 0 Å². The van der Waals surface area contributed by atoms with Crippen LogP contribution in [0.4, 0.5) is 0 Å². The molecular weight excluding hydrogens is 250 g/mol. The highest BCUT2D eigenvalue weighted by Gasteiger charge is 2.23. The molecule has 0 bridgehead atoms. The quantitative estimate of drug-likeness (QED) is 0.789. The molecule has 5 nitrogen and oxygen atoms in total. The van der Waals surface area contributed by atoms with E-state index in [1.54, 1.807) is 12.4 Å². The van der Waals surface area contributed by atoms with E-state index in [1.807, 2.05) is 26.0 Å². The van der Waals surface area contributed by atoms with Crippen molar-refractivity contribution in [3.05, 3.63) is 30.1 Å². The Hall–Kier alpha value is -0.980. The van der Waals surface area contributed by atoms with Gasteiger partial charge in [-0.3, -0.25) is 4.98 Å². The summed E-state index contributed by atoms with van der Waals surface area (Å²) in [7, 11) is -3.25. The average molecular weight is 271 g/mol. The van der Waals surface area contributed by atoms with E-state index in [1.165, 1.54) is 4.31 Å². The number of sulfonamides is 1. The first-order chi connectivity index (χ1) is 8.47. The van der Waals surface area contributed by atoms with Crippen LogP contribution in [0.25, 0.3) is 0 Å². The van der Waals surface area contributed by atoms with Crippen molar-refractivity contribution in [1.29, 1.82) is 0 Å². The highest BCUT2D eigenvalue weighted by molar-refractivity contribution is 7.89. The lowest BCUT2D eigenvalue weighted by molar-refractivity contribution is 0.361. The molecule has 0 atom stereocenters. The second-order valence-corrected chi connectivity index (χ2v) is 6.46. The van der Waals surface area contributed by atoms with Gasteiger partial charge in [0.2, 0.25) is 10.0 Å². The number of rotatable bonds is 7. The third-order valence-electron chi connectivity index (χ3n) is 2.68. The van der Waals surface area contributed by atoms with Crippen molar-refractivity contribution in [2.24, 2.45) is 5.73 Å². The third-order valence-corrected chi connectivity index (χ3v) is 4.72. The van der Waals surface area contributed by atoms with Gasteiger partial charge in [-0.25, -0.2) is 8.42 Å². The minimum Gasteiger partial charge on any atom is -0.329 e. The van der Waals surface area contributed by atoms with E-state index in [4.69, 9.17) is 5.73 Å². The number of hydrogen-bond acceptors (Lipinski definition) is 4. The van der Waals surface area contributed by atoms with Crippen molar-refractivity contribution in [3.8, 4) is 0 Å². The van der Waals surface area contributed by atoms with Crippen LogP contribution >= 0.6 is 0 Å². The highest BCUT2D eigenvalue weighted by atomic mass is 32.2. The molecule has 0 radical (unpaired) electrons. The predicted octanol–water partition coefficient (Wildman–Crippen LogP) is 0.623. The van der Waals surface area contributed by atoms with E-state index in [0.29, 0.717) is 19.5 Å². The molecule has 0 unspecified atom stereocenters. The molecule has 0 aromatic carbocycles. The summed E-state index contributed by atoms with van der Waals surface area (Å²) in [5, 5.41) is 0. The standard InChI is InChI=1S/C12H21N3O2S/c1-11(2)15(9-6-13)18(16,17)10-5-12-3-7-14-8-4-12/h3-4,7-8,11H,5-6,9-10,13H2,1-2H3. The Bertz CT molecular complexity index is 446. The largest absolute Gasteiger partial charge is 0.329 e. The summed E-state index contributed by atoms with van der Waals surface area (Å²) in [6.45, 7) is 4.43. The lowest BCUT2D eigenvalue weighted by Gasteiger charge is -2.25. The average Bonchev–Trinajstić information content (AvgIpc) is 2.34. The van der Waals surface area contributed by atoms with Gasteiger partial charge in [0.1, 0.15) is 0 Å². The zero-order valence-corrected chi connectivity index (χ0v) is 11.7. The maximum Gasteiger partial charge on any atom is 0.214 e. The summed E-state index contributed by atoms with van der Waals surface area (Å²) < 4.78 is 25.8. The van der Waals surface area contributed by atoms with Gasteiger partial charge in [0.25, 0.3) is 0 Å². The van der Waals surface area contributed by atoms with Crippen LogP contribution in [0.5, 0.6) is 0 Å². The normalized spacial score (nSPS) is 12.3. The van der Waals surface area contributed by atoms with Gasteiger partial charge in [0.05, 0.1) is 5.75 Å². The zero-order valence-electron chi connectivity index (χ0n) is 10.9. The molecule has 0 amide bonds. The lowest BCUT2D eigenvalue weighted by Crippen LogP contribution is -2.41. The van der Waals surface area contributed by atoms with Crippen LogP contribution in [-0.2, 0) is 16.4 Å². The van der Waals surface area contributed by atoms with E-state index in [9.17, 15) is 8.42 Å². The molecule has 0 saturated heterocycles. The van der Waals surface area contributed by atoms with Crippen molar-refractivity contribution in [1.82, 2.24) is 9.29 Å². The monoisotopic (exact) mass is 271 g/mol. The molecule has 0 fully saturated rings. The molecule has 102 valence electrons. The summed E-state index contributed by atoms with van der Waals surface area (Å²) in [6.07, 6.45) is 3.84. The molecule has 1 aromatic heterocycles. The number of hydrogen-bond donors (Lipinski definition) is 1. The number of aromatic nitrogens is 1. The Morgan fingerprint density at radius 1 is 1.33 bits per heavy atom. The fourth-order valence-corrected chi connectivity index (χ4v) is 3.51. The molecular formula is C12H21N3O2S. The summed E-state index contributed by atoms with van der Waals surface area (Å²) in [5.74, 6) is 0.106. The van der Waals surface area contributed by atoms with E-state index < -0.39 is 10.0 Å². The Morgan fingerprint density at radius 2 is 1.94 bits per heavy atom. The van der Waals surface area contributed by atoms with Crippen molar-refractivity contribution < 1.29 is 8.42 Å². The van der Waals surface area contributed by atoms with Gasteiger partial charge in [-0.15, -0.1) is 0 Å². The van der Waals surface area contributed by atoms with Crippen molar-refractivity contribution in [2.75, 3.05) is 18.8 Å². The first kappa shape index (κ1) is 15.1. The Balaban J connectivity index is 2.68. The molecule has 1 heterocycles. The smallest absolute Gasteiger partial charge is 0.214 e. The van der Waals surface area contributed by atoms with Gasteiger partial charge in [-0.1, -0.05) is 0 Å². The molecule has 0 aliphatic rings. The number of nitrogens with two attached hydrogens (primary N) is 1. The zero-order chi connectivity index (χ0) is 13.6. The summed E-state index contributed by atoms with van der Waals surface area (Å²) in [4.78, 5) is 3.91. The van der Waals surface area contributed by atoms with Gasteiger partial charge in [0, 0.05) is 31.5 Å². The van der Waals surface area contributed by atoms with Gasteiger partial charge in [0.15, 0.2) is 0 Å². The predicted molar refractivity (Wildman–Crippen MR) is 72.6 cm³/mol. The second-order valence-electron chi connectivity index (χ2n) is 4.41. The fourth-order valence-electron chi connectivity index (χ4n) is 1.76. The molecule has 1 rings (SSSR count). The highest BCUT2D eigenvalue weighted by Crippen LogP contribution is 2.09. The summed E-state index contributed by atoms with van der Waals surface area (Å²) in [6, 6.07) is 3.60. The Labute approximate surface area is 109 Å². The van der Waals surface area contributed by atoms with E-state index in [-0.39, 0.29) is 11.8 Å². The van der Waals surface area contributed by atoms with Crippen LogP contribution in [-0.4, -0.2) is 42.6 Å². The Morgan fingerprint density at radius 3 is 2.44 bits per heavy atom. The SMILES string of the molecule is CC(C)N(CCN)S(=O)(=O)CCc1ccncc1. The molecule has 0 aliphatic carbocycles. The van der Waals surface area contributed by atoms with Crippen LogP contribution < -0.4 is 5.73 Å². The third kappa shape index (κ3) is 4.36. The van der Waals surface area contributed by atoms with Gasteiger partial charge < -0.3 is 5.73 Å². The van der Waals surface area contributed by atoms with Crippen LogP contribution in [0.15, 0.2) is 24.5 Å². The van der Waals surface area contributed by atoms with Crippen LogP contribution in [0.2, 0.25) is 0 Å². The summed E-state index contributed by atoms with van der Waals surface area (Å²) >= 11 is 0. The minimum atomic E-state index is -3.25. The molecule has 1 aromatic rings. The molecule has 0 saturated carbocycles. The van der Waals surface area contributed by atoms with Gasteiger partial charge in [-0.2, -0.15) is 4.31 Å². The maximum atomic E-state index is 12.2. The van der Waals surface area contributed by atoms with Crippen molar-refractivity contribution in [3.63, 3.8) is 0 Å². The minimum absolute atomic E-state index is 0.0593. The van der Waals surface area contributed by atoms with E-state index in [0.717, 1.165) is 5.56 Å². The molecule has 18 heavy (non-hydrogen) atoms. The number of pyridine rings is 1. The van der Waals surface area contributed by atoms with Crippen LogP contribution in [0.3, 0.4) is 0 Å². The van der Waals surface area contributed by atoms with Crippen molar-refractivity contribution in [2.45, 2.75) is 26.3 Å². The first-order valence-electron chi connectivity index (χ1n) is 6.06. The molecule has 0 spiro atoms. The number of aryl methyl sites for hydroxylation is 1. The molecule has 6 heteroatoms. The maximum absolute atomic E-state index is 12.2. The van der Waals surface area contributed by atoms with E-state index in [2.05, 4.69) is 4.98 Å². The second kappa shape index (κ2) is 6.82. The molecule has 2 N–H and O–H groups in total. The van der Waals surface area contributed by atoms with Crippen LogP contribution in [0, 0.1) is 0 Å². The molecule has 0 aliphatic heterocycles. The van der Waals surface area contributed by atoms with Gasteiger partial charge in [-0.05, 0) is 38.0 Å². The number of nitrogens with zero attached hydrogens (tertiary/aromatic N) is 2. The summed E-state index contributed by atoms with van der Waals surface area (Å²) in [5.41, 5.74) is 6.43. The topological polar surface area (TPSA) is 76.3 Å². The van der Waals surface area contributed by atoms with Crippen molar-refractivity contribution >= 4 is 10.0 Å². The lowest BCUT2D eigenvalue weighted by atomic mass is 10.2. The first-order valence-corrected chi connectivity index (χ1v) is 7.67.